The van der Waals surface area contributed by atoms with Crippen molar-refractivity contribution in [3.63, 3.8) is 0 Å². The quantitative estimate of drug-likeness (QED) is 0.814. The predicted octanol–water partition coefficient (Wildman–Crippen LogP) is 5.29. The van der Waals surface area contributed by atoms with E-state index in [1.165, 1.54) is 31.4 Å². The van der Waals surface area contributed by atoms with Crippen molar-refractivity contribution < 1.29 is 13.2 Å². The lowest BCUT2D eigenvalue weighted by Gasteiger charge is -2.06. The summed E-state index contributed by atoms with van der Waals surface area (Å²) in [7, 11) is 0. The third-order valence-corrected chi connectivity index (χ3v) is 2.69. The summed E-state index contributed by atoms with van der Waals surface area (Å²) in [6.45, 7) is 4.42. The van der Waals surface area contributed by atoms with E-state index in [4.69, 9.17) is 0 Å². The smallest absolute Gasteiger partial charge is 0.345 e. The minimum atomic E-state index is -4.29. The van der Waals surface area contributed by atoms with Gasteiger partial charge in [0.15, 0.2) is 0 Å². The maximum Gasteiger partial charge on any atom is 0.416 e. The van der Waals surface area contributed by atoms with Gasteiger partial charge in [-0.25, -0.2) is 4.98 Å². The van der Waals surface area contributed by atoms with Crippen LogP contribution in [0.15, 0.2) is 36.7 Å². The lowest BCUT2D eigenvalue weighted by molar-refractivity contribution is -0.137. The fraction of sp³-hybridized carbons (Fsp3) is 0.400. The van der Waals surface area contributed by atoms with Crippen LogP contribution in [0.3, 0.4) is 0 Å². The molecule has 2 nitrogen and oxygen atoms in total. The first-order chi connectivity index (χ1) is 9.49. The summed E-state index contributed by atoms with van der Waals surface area (Å²) in [5.74, 6) is 0.559. The molecule has 1 N–H and O–H groups in total. The van der Waals surface area contributed by atoms with Crippen molar-refractivity contribution in [2.45, 2.75) is 39.3 Å². The number of unbranched alkanes of at least 4 members (excludes halogenated alkanes) is 2. The average molecular weight is 284 g/mol. The van der Waals surface area contributed by atoms with Crippen molar-refractivity contribution in [2.75, 3.05) is 0 Å². The second-order valence-electron chi connectivity index (χ2n) is 4.37. The number of nitrogens with zero attached hydrogens (tertiary/aromatic N) is 1. The van der Waals surface area contributed by atoms with E-state index in [1.54, 1.807) is 12.4 Å². The van der Waals surface area contributed by atoms with E-state index in [0.29, 0.717) is 11.4 Å². The van der Waals surface area contributed by atoms with Gasteiger partial charge in [0.05, 0.1) is 5.56 Å². The molecular formula is C15H19F3N2. The van der Waals surface area contributed by atoms with Gasteiger partial charge in [0.25, 0.3) is 0 Å². The first kappa shape index (κ1) is 16.3. The zero-order valence-electron chi connectivity index (χ0n) is 11.7. The first-order valence-electron chi connectivity index (χ1n) is 6.66. The highest BCUT2D eigenvalue weighted by Crippen LogP contribution is 2.30. The van der Waals surface area contributed by atoms with Crippen LogP contribution < -0.4 is 0 Å². The largest absolute Gasteiger partial charge is 0.416 e. The molecule has 0 aliphatic rings. The molecule has 1 aromatic carbocycles. The van der Waals surface area contributed by atoms with Crippen molar-refractivity contribution in [3.05, 3.63) is 42.2 Å². The van der Waals surface area contributed by atoms with Crippen LogP contribution in [0.5, 0.6) is 0 Å². The molecule has 0 spiro atoms. The highest BCUT2D eigenvalue weighted by molar-refractivity contribution is 5.55. The van der Waals surface area contributed by atoms with Gasteiger partial charge in [0.2, 0.25) is 0 Å². The summed E-state index contributed by atoms with van der Waals surface area (Å²) in [6.07, 6.45) is 2.95. The van der Waals surface area contributed by atoms with Gasteiger partial charge in [-0.1, -0.05) is 45.2 Å². The Labute approximate surface area is 117 Å². The number of hydrogen-bond donors (Lipinski definition) is 1. The fourth-order valence-electron chi connectivity index (χ4n) is 1.59. The van der Waals surface area contributed by atoms with E-state index in [9.17, 15) is 13.2 Å². The number of aromatic amines is 1. The molecule has 0 amide bonds. The van der Waals surface area contributed by atoms with E-state index in [2.05, 4.69) is 23.8 Å². The summed E-state index contributed by atoms with van der Waals surface area (Å²) in [4.78, 5) is 6.76. The number of rotatable bonds is 3. The summed E-state index contributed by atoms with van der Waals surface area (Å²) in [5.41, 5.74) is -0.0224. The normalized spacial score (nSPS) is 10.8. The Morgan fingerprint density at radius 3 is 2.00 bits per heavy atom. The molecule has 0 fully saturated rings. The highest BCUT2D eigenvalue weighted by atomic mass is 19.4. The number of hydrogen-bond acceptors (Lipinski definition) is 1. The van der Waals surface area contributed by atoms with Gasteiger partial charge < -0.3 is 4.98 Å². The van der Waals surface area contributed by atoms with Gasteiger partial charge in [0, 0.05) is 18.0 Å². The van der Waals surface area contributed by atoms with E-state index < -0.39 is 11.7 Å². The highest BCUT2D eigenvalue weighted by Gasteiger charge is 2.29. The molecule has 1 heterocycles. The number of H-pyrrole nitrogens is 1. The molecule has 2 aromatic rings. The van der Waals surface area contributed by atoms with Gasteiger partial charge >= 0.3 is 6.18 Å². The predicted molar refractivity (Wildman–Crippen MR) is 74.2 cm³/mol. The third-order valence-electron chi connectivity index (χ3n) is 2.69. The number of aromatic nitrogens is 2. The summed E-state index contributed by atoms with van der Waals surface area (Å²) < 4.78 is 36.7. The molecule has 0 atom stereocenters. The Bertz CT molecular complexity index is 471. The second-order valence-corrected chi connectivity index (χ2v) is 4.37. The Morgan fingerprint density at radius 1 is 1.05 bits per heavy atom. The van der Waals surface area contributed by atoms with Crippen LogP contribution in [0, 0.1) is 0 Å². The van der Waals surface area contributed by atoms with E-state index in [-0.39, 0.29) is 0 Å². The molecule has 0 radical (unpaired) electrons. The minimum Gasteiger partial charge on any atom is -0.345 e. The van der Waals surface area contributed by atoms with Crippen LogP contribution >= 0.6 is 0 Å². The maximum absolute atomic E-state index is 12.2. The van der Waals surface area contributed by atoms with Crippen LogP contribution in [-0.2, 0) is 6.18 Å². The second kappa shape index (κ2) is 7.72. The number of alkyl halides is 3. The Balaban J connectivity index is 0.000000347. The van der Waals surface area contributed by atoms with Crippen LogP contribution in [0.2, 0.25) is 0 Å². The van der Waals surface area contributed by atoms with Gasteiger partial charge in [-0.3, -0.25) is 0 Å². The molecule has 0 saturated carbocycles. The molecule has 0 bridgehead atoms. The minimum absolute atomic E-state index is 0.559. The van der Waals surface area contributed by atoms with E-state index in [0.717, 1.165) is 12.1 Å². The molecule has 110 valence electrons. The van der Waals surface area contributed by atoms with Crippen molar-refractivity contribution in [3.8, 4) is 11.4 Å². The lowest BCUT2D eigenvalue weighted by Crippen LogP contribution is -2.04. The number of halogens is 3. The van der Waals surface area contributed by atoms with E-state index >= 15 is 0 Å². The molecule has 0 saturated heterocycles. The van der Waals surface area contributed by atoms with Gasteiger partial charge in [-0.05, 0) is 12.1 Å². The lowest BCUT2D eigenvalue weighted by atomic mass is 10.1. The molecule has 0 aliphatic carbocycles. The van der Waals surface area contributed by atoms with Crippen molar-refractivity contribution in [1.82, 2.24) is 9.97 Å². The first-order valence-corrected chi connectivity index (χ1v) is 6.66. The zero-order valence-corrected chi connectivity index (χ0v) is 11.7. The summed E-state index contributed by atoms with van der Waals surface area (Å²) in [6, 6.07) is 4.86. The third kappa shape index (κ3) is 5.07. The van der Waals surface area contributed by atoms with Crippen LogP contribution in [0.4, 0.5) is 13.2 Å². The van der Waals surface area contributed by atoms with Crippen LogP contribution in [-0.4, -0.2) is 9.97 Å². The number of imidazole rings is 1. The van der Waals surface area contributed by atoms with Crippen LogP contribution in [0.25, 0.3) is 11.4 Å². The molecule has 20 heavy (non-hydrogen) atoms. The van der Waals surface area contributed by atoms with Crippen molar-refractivity contribution >= 4 is 0 Å². The van der Waals surface area contributed by atoms with Crippen molar-refractivity contribution in [1.29, 1.82) is 0 Å². The Kier molecular flexibility index (Phi) is 6.28. The monoisotopic (exact) mass is 284 g/mol. The van der Waals surface area contributed by atoms with Gasteiger partial charge in [0.1, 0.15) is 5.82 Å². The molecule has 0 aliphatic heterocycles. The Morgan fingerprint density at radius 2 is 1.65 bits per heavy atom. The molecule has 1 aromatic heterocycles. The standard InChI is InChI=1S/C10H7F3N2.C5H12/c11-10(12,13)8-3-1-7(2-4-8)9-14-5-6-15-9;1-3-5-4-2/h1-6H,(H,14,15);3-5H2,1-2H3. The number of benzene rings is 1. The molecule has 2 rings (SSSR count). The van der Waals surface area contributed by atoms with Crippen LogP contribution in [0.1, 0.15) is 38.7 Å². The average Bonchev–Trinajstić information content (AvgIpc) is 2.93. The fourth-order valence-corrected chi connectivity index (χ4v) is 1.59. The SMILES string of the molecule is CCCCC.FC(F)(F)c1ccc(-c2ncc[nH]2)cc1. The maximum atomic E-state index is 12.2. The molecular weight excluding hydrogens is 265 g/mol. The zero-order chi connectivity index (χ0) is 15.0. The Hall–Kier alpha value is -1.78. The van der Waals surface area contributed by atoms with Gasteiger partial charge in [-0.2, -0.15) is 13.2 Å². The van der Waals surface area contributed by atoms with E-state index in [1.807, 2.05) is 0 Å². The number of nitrogens with one attached hydrogen (secondary N) is 1. The summed E-state index contributed by atoms with van der Waals surface area (Å²) >= 11 is 0. The topological polar surface area (TPSA) is 28.7 Å². The van der Waals surface area contributed by atoms with Gasteiger partial charge in [-0.15, -0.1) is 0 Å². The summed E-state index contributed by atoms with van der Waals surface area (Å²) in [5, 5.41) is 0. The van der Waals surface area contributed by atoms with Crippen molar-refractivity contribution in [2.24, 2.45) is 0 Å². The molecule has 0 unspecified atom stereocenters. The molecule has 5 heteroatoms.